The van der Waals surface area contributed by atoms with Gasteiger partial charge in [0.15, 0.2) is 0 Å². The van der Waals surface area contributed by atoms with Gasteiger partial charge in [-0.05, 0) is 44.5 Å². The fraction of sp³-hybridized carbons (Fsp3) is 0.542. The Morgan fingerprint density at radius 2 is 2.00 bits per heavy atom. The largest absolute Gasteiger partial charge is 0.366 e. The molecule has 8 heteroatoms. The molecule has 4 rings (SSSR count). The van der Waals surface area contributed by atoms with E-state index in [4.69, 9.17) is 4.74 Å². The maximum atomic E-state index is 12.9. The van der Waals surface area contributed by atoms with E-state index < -0.39 is 5.60 Å². The number of imidazole rings is 1. The molecule has 1 aromatic heterocycles. The molecule has 2 aromatic rings. The number of rotatable bonds is 6. The van der Waals surface area contributed by atoms with E-state index in [0.717, 1.165) is 13.0 Å². The summed E-state index contributed by atoms with van der Waals surface area (Å²) in [7, 11) is 5.81. The number of benzene rings is 1. The summed E-state index contributed by atoms with van der Waals surface area (Å²) in [5, 5.41) is 3.00. The van der Waals surface area contributed by atoms with Crippen molar-refractivity contribution in [2.45, 2.75) is 37.4 Å². The van der Waals surface area contributed by atoms with Gasteiger partial charge in [-0.3, -0.25) is 9.59 Å². The zero-order valence-electron chi connectivity index (χ0n) is 19.2. The molecule has 2 aliphatic heterocycles. The minimum atomic E-state index is -0.452. The van der Waals surface area contributed by atoms with E-state index in [-0.39, 0.29) is 17.9 Å². The number of hydrogen-bond donors (Lipinski definition) is 1. The van der Waals surface area contributed by atoms with Crippen LogP contribution < -0.4 is 5.32 Å². The first kappa shape index (κ1) is 22.5. The molecule has 0 saturated carbocycles. The van der Waals surface area contributed by atoms with Crippen LogP contribution in [0.1, 0.15) is 40.9 Å². The molecule has 1 fully saturated rings. The number of aryl methyl sites for hydroxylation is 1. The van der Waals surface area contributed by atoms with Crippen LogP contribution in [0.5, 0.6) is 0 Å². The van der Waals surface area contributed by atoms with Gasteiger partial charge in [0.2, 0.25) is 5.91 Å². The number of fused-ring (bicyclic) bond motifs is 2. The quantitative estimate of drug-likeness (QED) is 0.739. The standard InChI is InChI=1S/C24H33N5O3/c1-27(2)13-10-26-22(30)15-19-14-18-6-4-5-7-20(18)24(32-19)8-11-29(12-9-24)23(31)21-16-25-17-28(21)3/h4-7,16-17,19H,8-15H2,1-3H3,(H,26,30). The lowest BCUT2D eigenvalue weighted by atomic mass is 9.77. The Kier molecular flexibility index (Phi) is 6.62. The maximum absolute atomic E-state index is 12.9. The van der Waals surface area contributed by atoms with Crippen LogP contribution in [0.25, 0.3) is 0 Å². The summed E-state index contributed by atoms with van der Waals surface area (Å²) in [5.41, 5.74) is 2.60. The average molecular weight is 440 g/mol. The molecule has 1 atom stereocenters. The average Bonchev–Trinajstić information content (AvgIpc) is 3.19. The number of amides is 2. The van der Waals surface area contributed by atoms with Crippen molar-refractivity contribution in [3.63, 3.8) is 0 Å². The van der Waals surface area contributed by atoms with E-state index in [1.165, 1.54) is 11.1 Å². The Bertz CT molecular complexity index is 962. The third-order valence-corrected chi connectivity index (χ3v) is 6.54. The highest BCUT2D eigenvalue weighted by atomic mass is 16.5. The predicted molar refractivity (Wildman–Crippen MR) is 121 cm³/mol. The molecule has 2 aliphatic rings. The Morgan fingerprint density at radius 3 is 2.69 bits per heavy atom. The lowest BCUT2D eigenvalue weighted by Gasteiger charge is -2.47. The van der Waals surface area contributed by atoms with Crippen molar-refractivity contribution < 1.29 is 14.3 Å². The fourth-order valence-corrected chi connectivity index (χ4v) is 4.81. The Morgan fingerprint density at radius 1 is 1.25 bits per heavy atom. The number of carbonyl (C=O) groups is 2. The normalized spacial score (nSPS) is 19.8. The van der Waals surface area contributed by atoms with Crippen LogP contribution in [0.4, 0.5) is 0 Å². The first-order valence-electron chi connectivity index (χ1n) is 11.3. The monoisotopic (exact) mass is 439 g/mol. The number of carbonyl (C=O) groups excluding carboxylic acids is 2. The van der Waals surface area contributed by atoms with Crippen molar-refractivity contribution in [3.8, 4) is 0 Å². The number of likely N-dealkylation sites (tertiary alicyclic amines) is 1. The minimum Gasteiger partial charge on any atom is -0.366 e. The van der Waals surface area contributed by atoms with E-state index in [2.05, 4.69) is 22.4 Å². The number of ether oxygens (including phenoxy) is 1. The molecule has 0 radical (unpaired) electrons. The molecule has 3 heterocycles. The van der Waals surface area contributed by atoms with Gasteiger partial charge in [0.05, 0.1) is 30.7 Å². The van der Waals surface area contributed by atoms with Crippen LogP contribution >= 0.6 is 0 Å². The Balaban J connectivity index is 1.45. The van der Waals surface area contributed by atoms with E-state index in [1.54, 1.807) is 17.1 Å². The second kappa shape index (κ2) is 9.42. The van der Waals surface area contributed by atoms with Gasteiger partial charge in [-0.2, -0.15) is 0 Å². The second-order valence-corrected chi connectivity index (χ2v) is 9.13. The summed E-state index contributed by atoms with van der Waals surface area (Å²) < 4.78 is 8.41. The van der Waals surface area contributed by atoms with Crippen LogP contribution in [-0.4, -0.2) is 77.5 Å². The van der Waals surface area contributed by atoms with Crippen LogP contribution in [0.15, 0.2) is 36.8 Å². The lowest BCUT2D eigenvalue weighted by molar-refractivity contribution is -0.147. The van der Waals surface area contributed by atoms with Gasteiger partial charge in [-0.15, -0.1) is 0 Å². The highest BCUT2D eigenvalue weighted by Gasteiger charge is 2.44. The van der Waals surface area contributed by atoms with Crippen molar-refractivity contribution in [2.24, 2.45) is 7.05 Å². The van der Waals surface area contributed by atoms with Crippen molar-refractivity contribution >= 4 is 11.8 Å². The summed E-state index contributed by atoms with van der Waals surface area (Å²) in [6, 6.07) is 8.38. The molecule has 1 unspecified atom stereocenters. The first-order valence-corrected chi connectivity index (χ1v) is 11.3. The number of hydrogen-bond acceptors (Lipinski definition) is 5. The molecule has 0 bridgehead atoms. The molecule has 172 valence electrons. The van der Waals surface area contributed by atoms with Gasteiger partial charge in [0, 0.05) is 33.2 Å². The smallest absolute Gasteiger partial charge is 0.272 e. The molecule has 1 saturated heterocycles. The number of nitrogens with one attached hydrogen (secondary N) is 1. The van der Waals surface area contributed by atoms with Gasteiger partial charge >= 0.3 is 0 Å². The van der Waals surface area contributed by atoms with Crippen molar-refractivity contribution in [3.05, 3.63) is 53.6 Å². The molecule has 8 nitrogen and oxygen atoms in total. The summed E-state index contributed by atoms with van der Waals surface area (Å²) in [5.74, 6) is 0.0240. The third kappa shape index (κ3) is 4.71. The Hall–Kier alpha value is -2.71. The summed E-state index contributed by atoms with van der Waals surface area (Å²) >= 11 is 0. The minimum absolute atomic E-state index is 0.000708. The van der Waals surface area contributed by atoms with E-state index in [9.17, 15) is 9.59 Å². The van der Waals surface area contributed by atoms with Crippen LogP contribution in [-0.2, 0) is 28.6 Å². The van der Waals surface area contributed by atoms with Crippen molar-refractivity contribution in [1.82, 2.24) is 24.7 Å². The van der Waals surface area contributed by atoms with Crippen molar-refractivity contribution in [1.29, 1.82) is 0 Å². The van der Waals surface area contributed by atoms with Gasteiger partial charge in [-0.25, -0.2) is 4.98 Å². The molecule has 32 heavy (non-hydrogen) atoms. The fourth-order valence-electron chi connectivity index (χ4n) is 4.81. The highest BCUT2D eigenvalue weighted by Crippen LogP contribution is 2.44. The van der Waals surface area contributed by atoms with Crippen molar-refractivity contribution in [2.75, 3.05) is 40.3 Å². The SMILES string of the molecule is CN(C)CCNC(=O)CC1Cc2ccccc2C2(CCN(C(=O)c3cncn3C)CC2)O1. The number of likely N-dealkylation sites (N-methyl/N-ethyl adjacent to an activating group) is 1. The zero-order chi connectivity index (χ0) is 22.7. The zero-order valence-corrected chi connectivity index (χ0v) is 19.2. The Labute approximate surface area is 189 Å². The third-order valence-electron chi connectivity index (χ3n) is 6.54. The van der Waals surface area contributed by atoms with Crippen LogP contribution in [0.3, 0.4) is 0 Å². The topological polar surface area (TPSA) is 79.7 Å². The molecule has 1 aromatic carbocycles. The highest BCUT2D eigenvalue weighted by molar-refractivity contribution is 5.92. The summed E-state index contributed by atoms with van der Waals surface area (Å²) in [6.07, 6.45) is 5.61. The van der Waals surface area contributed by atoms with Gasteiger partial charge < -0.3 is 24.4 Å². The van der Waals surface area contributed by atoms with Crippen LogP contribution in [0.2, 0.25) is 0 Å². The van der Waals surface area contributed by atoms with E-state index >= 15 is 0 Å². The summed E-state index contributed by atoms with van der Waals surface area (Å²) in [6.45, 7) is 2.66. The molecule has 0 aliphatic carbocycles. The molecule has 1 N–H and O–H groups in total. The molecule has 1 spiro atoms. The maximum Gasteiger partial charge on any atom is 0.272 e. The number of aromatic nitrogens is 2. The second-order valence-electron chi connectivity index (χ2n) is 9.13. The lowest BCUT2D eigenvalue weighted by Crippen LogP contribution is -2.51. The number of piperidine rings is 1. The number of nitrogens with zero attached hydrogens (tertiary/aromatic N) is 4. The van der Waals surface area contributed by atoms with Gasteiger partial charge in [-0.1, -0.05) is 24.3 Å². The van der Waals surface area contributed by atoms with Gasteiger partial charge in [0.1, 0.15) is 5.69 Å². The summed E-state index contributed by atoms with van der Waals surface area (Å²) in [4.78, 5) is 33.4. The molecular formula is C24H33N5O3. The van der Waals surface area contributed by atoms with Crippen LogP contribution in [0, 0.1) is 0 Å². The molecule has 2 amide bonds. The van der Waals surface area contributed by atoms with E-state index in [1.807, 2.05) is 43.1 Å². The molecular weight excluding hydrogens is 406 g/mol. The van der Waals surface area contributed by atoms with Gasteiger partial charge in [0.25, 0.3) is 5.91 Å². The first-order chi connectivity index (χ1) is 15.4. The van der Waals surface area contributed by atoms with E-state index in [0.29, 0.717) is 44.6 Å². The predicted octanol–water partition coefficient (Wildman–Crippen LogP) is 1.56.